The van der Waals surface area contributed by atoms with Crippen molar-refractivity contribution in [3.05, 3.63) is 12.2 Å². The molecule has 0 aromatic rings. The van der Waals surface area contributed by atoms with Crippen LogP contribution in [0.2, 0.25) is 0 Å². The maximum Gasteiger partial charge on any atom is 0.0841 e. The molecular weight excluding hydrogens is 208 g/mol. The monoisotopic (exact) mass is 236 g/mol. The molecule has 0 radical (unpaired) electrons. The second-order valence-electron chi connectivity index (χ2n) is 5.67. The molecule has 0 spiro atoms. The maximum absolute atomic E-state index is 5.73. The first-order chi connectivity index (χ1) is 8.47. The van der Waals surface area contributed by atoms with E-state index < -0.39 is 0 Å². The Hall–Kier alpha value is -0.300. The van der Waals surface area contributed by atoms with Gasteiger partial charge in [0.2, 0.25) is 0 Å². The van der Waals surface area contributed by atoms with E-state index in [2.05, 4.69) is 12.2 Å². The molecule has 1 heterocycles. The molecule has 1 aliphatic carbocycles. The second-order valence-corrected chi connectivity index (χ2v) is 5.67. The average molecular weight is 236 g/mol. The van der Waals surface area contributed by atoms with Crippen LogP contribution < -0.4 is 0 Å². The first-order valence-electron chi connectivity index (χ1n) is 7.77. The zero-order valence-electron chi connectivity index (χ0n) is 11.2. The molecule has 0 bridgehead atoms. The van der Waals surface area contributed by atoms with Crippen LogP contribution in [0.3, 0.4) is 0 Å². The molecule has 0 aromatic heterocycles. The van der Waals surface area contributed by atoms with E-state index in [1.807, 2.05) is 0 Å². The summed E-state index contributed by atoms with van der Waals surface area (Å²) in [5, 5.41) is 0. The van der Waals surface area contributed by atoms with Gasteiger partial charge in [0.1, 0.15) is 0 Å². The second kappa shape index (κ2) is 7.92. The summed E-state index contributed by atoms with van der Waals surface area (Å²) in [5.74, 6) is 0. The van der Waals surface area contributed by atoms with Crippen molar-refractivity contribution in [2.75, 3.05) is 0 Å². The Balaban J connectivity index is 1.63. The van der Waals surface area contributed by atoms with Crippen molar-refractivity contribution in [3.63, 3.8) is 0 Å². The summed E-state index contributed by atoms with van der Waals surface area (Å²) in [6.45, 7) is 0. The fraction of sp³-hybridized carbons (Fsp3) is 0.875. The Bertz CT molecular complexity index is 200. The van der Waals surface area contributed by atoms with Crippen molar-refractivity contribution in [2.24, 2.45) is 0 Å². The topological polar surface area (TPSA) is 12.5 Å². The fourth-order valence-electron chi connectivity index (χ4n) is 2.85. The lowest BCUT2D eigenvalue weighted by Crippen LogP contribution is -1.95. The molecule has 2 rings (SSSR count). The number of allylic oxidation sites excluding steroid dienone is 2. The largest absolute Gasteiger partial charge is 0.370 e. The van der Waals surface area contributed by atoms with Gasteiger partial charge < -0.3 is 4.74 Å². The van der Waals surface area contributed by atoms with Crippen molar-refractivity contribution < 1.29 is 4.74 Å². The third kappa shape index (κ3) is 5.72. The normalized spacial score (nSPS) is 32.9. The molecule has 0 N–H and O–H groups in total. The first-order valence-corrected chi connectivity index (χ1v) is 7.77. The SMILES string of the molecule is C1=CCCCCCC[C@@H]2OC2CCCCCC1. The van der Waals surface area contributed by atoms with Crippen molar-refractivity contribution in [1.82, 2.24) is 0 Å². The molecular formula is C16H28O. The summed E-state index contributed by atoms with van der Waals surface area (Å²) in [6.07, 6.45) is 22.4. The lowest BCUT2D eigenvalue weighted by Gasteiger charge is -2.01. The number of epoxide rings is 1. The summed E-state index contributed by atoms with van der Waals surface area (Å²) in [5.41, 5.74) is 0. The molecule has 1 unspecified atom stereocenters. The van der Waals surface area contributed by atoms with Crippen molar-refractivity contribution in [1.29, 1.82) is 0 Å². The van der Waals surface area contributed by atoms with Crippen LogP contribution in [0.25, 0.3) is 0 Å². The summed E-state index contributed by atoms with van der Waals surface area (Å²) in [4.78, 5) is 0. The molecule has 1 aliphatic heterocycles. The average Bonchev–Trinajstić information content (AvgIpc) is 3.07. The molecule has 1 saturated heterocycles. The third-order valence-corrected chi connectivity index (χ3v) is 4.07. The molecule has 2 atom stereocenters. The van der Waals surface area contributed by atoms with Crippen LogP contribution >= 0.6 is 0 Å². The summed E-state index contributed by atoms with van der Waals surface area (Å²) in [7, 11) is 0. The number of ether oxygens (including phenoxy) is 1. The van der Waals surface area contributed by atoms with E-state index in [9.17, 15) is 0 Å². The maximum atomic E-state index is 5.73. The highest BCUT2D eigenvalue weighted by Crippen LogP contribution is 2.31. The zero-order chi connectivity index (χ0) is 11.8. The van der Waals surface area contributed by atoms with Gasteiger partial charge in [0.15, 0.2) is 0 Å². The number of hydrogen-bond acceptors (Lipinski definition) is 1. The highest BCUT2D eigenvalue weighted by atomic mass is 16.6. The molecule has 98 valence electrons. The van der Waals surface area contributed by atoms with E-state index in [4.69, 9.17) is 4.74 Å². The van der Waals surface area contributed by atoms with Gasteiger partial charge in [-0.1, -0.05) is 50.7 Å². The standard InChI is InChI=1S/C16H28O/c1-2-4-6-8-10-12-14-16-15(17-16)13-11-9-7-5-3-1/h1-2,15-16H,3-14H2/t15-,16?/m0/s1. The Kier molecular flexibility index (Phi) is 6.12. The van der Waals surface area contributed by atoms with Gasteiger partial charge in [0.05, 0.1) is 12.2 Å². The van der Waals surface area contributed by atoms with Crippen LogP contribution in [0.1, 0.15) is 77.0 Å². The highest BCUT2D eigenvalue weighted by Gasteiger charge is 2.36. The molecule has 1 nitrogen and oxygen atoms in total. The van der Waals surface area contributed by atoms with Crippen molar-refractivity contribution >= 4 is 0 Å². The molecule has 1 fully saturated rings. The molecule has 0 amide bonds. The van der Waals surface area contributed by atoms with Gasteiger partial charge in [0, 0.05) is 0 Å². The van der Waals surface area contributed by atoms with Crippen LogP contribution in [0.15, 0.2) is 12.2 Å². The third-order valence-electron chi connectivity index (χ3n) is 4.07. The molecule has 0 saturated carbocycles. The molecule has 0 aromatic carbocycles. The van der Waals surface area contributed by atoms with Crippen LogP contribution in [0.4, 0.5) is 0 Å². The van der Waals surface area contributed by atoms with E-state index in [1.54, 1.807) is 0 Å². The predicted molar refractivity (Wildman–Crippen MR) is 73.2 cm³/mol. The zero-order valence-corrected chi connectivity index (χ0v) is 11.2. The van der Waals surface area contributed by atoms with E-state index in [0.29, 0.717) is 12.2 Å². The van der Waals surface area contributed by atoms with E-state index in [1.165, 1.54) is 77.0 Å². The minimum absolute atomic E-state index is 0.641. The quantitative estimate of drug-likeness (QED) is 0.425. The van der Waals surface area contributed by atoms with Gasteiger partial charge in [-0.3, -0.25) is 0 Å². The van der Waals surface area contributed by atoms with Gasteiger partial charge in [-0.2, -0.15) is 0 Å². The smallest absolute Gasteiger partial charge is 0.0841 e. The van der Waals surface area contributed by atoms with Gasteiger partial charge in [-0.15, -0.1) is 0 Å². The van der Waals surface area contributed by atoms with E-state index in [-0.39, 0.29) is 0 Å². The highest BCUT2D eigenvalue weighted by molar-refractivity contribution is 4.85. The fourth-order valence-corrected chi connectivity index (χ4v) is 2.85. The molecule has 2 aliphatic rings. The van der Waals surface area contributed by atoms with Crippen LogP contribution in [0.5, 0.6) is 0 Å². The van der Waals surface area contributed by atoms with Crippen LogP contribution in [-0.4, -0.2) is 12.2 Å². The summed E-state index contributed by atoms with van der Waals surface area (Å²) >= 11 is 0. The van der Waals surface area contributed by atoms with E-state index >= 15 is 0 Å². The Morgan fingerprint density at radius 3 is 1.59 bits per heavy atom. The van der Waals surface area contributed by atoms with Gasteiger partial charge >= 0.3 is 0 Å². The Morgan fingerprint density at radius 1 is 0.588 bits per heavy atom. The minimum atomic E-state index is 0.641. The van der Waals surface area contributed by atoms with Gasteiger partial charge in [0.25, 0.3) is 0 Å². The number of hydrogen-bond donors (Lipinski definition) is 0. The number of fused-ring (bicyclic) bond motifs is 1. The van der Waals surface area contributed by atoms with E-state index in [0.717, 1.165) is 0 Å². The lowest BCUT2D eigenvalue weighted by atomic mass is 10.0. The lowest BCUT2D eigenvalue weighted by molar-refractivity contribution is 0.348. The minimum Gasteiger partial charge on any atom is -0.370 e. The first kappa shape index (κ1) is 13.1. The van der Waals surface area contributed by atoms with Crippen molar-refractivity contribution in [2.45, 2.75) is 89.3 Å². The predicted octanol–water partition coefficient (Wildman–Crippen LogP) is 5.00. The summed E-state index contributed by atoms with van der Waals surface area (Å²) < 4.78 is 5.73. The van der Waals surface area contributed by atoms with Crippen LogP contribution in [0, 0.1) is 0 Å². The van der Waals surface area contributed by atoms with Gasteiger partial charge in [-0.25, -0.2) is 0 Å². The van der Waals surface area contributed by atoms with Crippen LogP contribution in [-0.2, 0) is 4.74 Å². The summed E-state index contributed by atoms with van der Waals surface area (Å²) in [6, 6.07) is 0. The molecule has 17 heavy (non-hydrogen) atoms. The Labute approximate surface area is 107 Å². The van der Waals surface area contributed by atoms with Gasteiger partial charge in [-0.05, 0) is 38.5 Å². The van der Waals surface area contributed by atoms with Crippen molar-refractivity contribution in [3.8, 4) is 0 Å². The Morgan fingerprint density at radius 2 is 1.06 bits per heavy atom. The number of rotatable bonds is 0. The molecule has 1 heteroatoms.